The van der Waals surface area contributed by atoms with E-state index in [1.807, 2.05) is 31.2 Å². The molecule has 0 saturated carbocycles. The van der Waals surface area contributed by atoms with Gasteiger partial charge in [-0.2, -0.15) is 0 Å². The van der Waals surface area contributed by atoms with Crippen LogP contribution in [-0.4, -0.2) is 7.11 Å². The number of benzene rings is 1. The summed E-state index contributed by atoms with van der Waals surface area (Å²) in [6.07, 6.45) is 0. The van der Waals surface area contributed by atoms with Crippen molar-refractivity contribution in [2.45, 2.75) is 10.5 Å². The lowest BCUT2D eigenvalue weighted by atomic mass is 10.1. The molecule has 0 aliphatic rings. The summed E-state index contributed by atoms with van der Waals surface area (Å²) in [7, 11) is 1.65. The fourth-order valence-electron chi connectivity index (χ4n) is 0.927. The Balaban J connectivity index is 3.02. The van der Waals surface area contributed by atoms with E-state index < -0.39 is 0 Å². The minimum atomic E-state index is -0.327. The van der Waals surface area contributed by atoms with Crippen LogP contribution < -0.4 is 10.5 Å². The zero-order valence-electron chi connectivity index (χ0n) is 7.17. The van der Waals surface area contributed by atoms with Gasteiger partial charge in [0.1, 0.15) is 5.75 Å². The molecule has 0 aliphatic carbocycles. The van der Waals surface area contributed by atoms with Crippen LogP contribution in [0.25, 0.3) is 0 Å². The molecule has 12 heavy (non-hydrogen) atoms. The van der Waals surface area contributed by atoms with Crippen LogP contribution in [0.5, 0.6) is 5.75 Å². The Hall–Kier alpha value is -0.290. The molecule has 0 fully saturated rings. The molecule has 2 N–H and O–H groups in total. The fraction of sp³-hybridized carbons (Fsp3) is 0.333. The first-order valence-electron chi connectivity index (χ1n) is 3.66. The van der Waals surface area contributed by atoms with Crippen molar-refractivity contribution in [3.63, 3.8) is 0 Å². The van der Waals surface area contributed by atoms with Crippen molar-refractivity contribution in [3.8, 4) is 5.75 Å². The van der Waals surface area contributed by atoms with Crippen LogP contribution in [0.3, 0.4) is 0 Å². The fourth-order valence-corrected chi connectivity index (χ4v) is 1.26. The highest BCUT2D eigenvalue weighted by Gasteiger charge is 2.16. The number of ether oxygens (including phenoxy) is 1. The van der Waals surface area contributed by atoms with Crippen LogP contribution >= 0.6 is 22.6 Å². The molecule has 1 atom stereocenters. The molecule has 66 valence electrons. The third-order valence-electron chi connectivity index (χ3n) is 1.63. The number of methoxy groups -OCH3 is 1. The summed E-state index contributed by atoms with van der Waals surface area (Å²) < 4.78 is 4.76. The molecule has 2 nitrogen and oxygen atoms in total. The first-order chi connectivity index (χ1) is 5.54. The molecule has 1 aromatic rings. The molecule has 0 spiro atoms. The number of hydrogen-bond donors (Lipinski definition) is 1. The van der Waals surface area contributed by atoms with Crippen molar-refractivity contribution in [1.29, 1.82) is 0 Å². The van der Waals surface area contributed by atoms with Gasteiger partial charge in [0.2, 0.25) is 0 Å². The third kappa shape index (κ3) is 2.35. The lowest BCUT2D eigenvalue weighted by Crippen LogP contribution is -2.24. The van der Waals surface area contributed by atoms with Crippen molar-refractivity contribution >= 4 is 22.6 Å². The number of alkyl halides is 1. The molecular weight excluding hydrogens is 265 g/mol. The summed E-state index contributed by atoms with van der Waals surface area (Å²) in [5.41, 5.74) is 6.98. The standard InChI is InChI=1S/C9H12INO/c1-9(10,11)7-4-3-5-8(6-7)12-2/h3-6H,11H2,1-2H3/t9-/m1/s1. The van der Waals surface area contributed by atoms with Gasteiger partial charge in [0.15, 0.2) is 0 Å². The van der Waals surface area contributed by atoms with E-state index in [9.17, 15) is 0 Å². The largest absolute Gasteiger partial charge is 0.497 e. The van der Waals surface area contributed by atoms with Gasteiger partial charge in [-0.05, 0) is 24.6 Å². The van der Waals surface area contributed by atoms with E-state index in [0.29, 0.717) is 0 Å². The van der Waals surface area contributed by atoms with Crippen LogP contribution in [0.4, 0.5) is 0 Å². The Morgan fingerprint density at radius 3 is 2.67 bits per heavy atom. The normalized spacial score (nSPS) is 15.3. The number of nitrogens with two attached hydrogens (primary N) is 1. The highest BCUT2D eigenvalue weighted by Crippen LogP contribution is 2.27. The molecule has 0 aliphatic heterocycles. The van der Waals surface area contributed by atoms with Gasteiger partial charge < -0.3 is 10.5 Å². The number of halogens is 1. The quantitative estimate of drug-likeness (QED) is 0.511. The summed E-state index contributed by atoms with van der Waals surface area (Å²) >= 11 is 2.20. The monoisotopic (exact) mass is 277 g/mol. The van der Waals surface area contributed by atoms with E-state index in [-0.39, 0.29) is 3.55 Å². The average Bonchev–Trinajstić information content (AvgIpc) is 2.03. The van der Waals surface area contributed by atoms with Crippen molar-refractivity contribution < 1.29 is 4.74 Å². The number of rotatable bonds is 2. The molecule has 0 unspecified atom stereocenters. The smallest absolute Gasteiger partial charge is 0.119 e. The molecule has 0 saturated heterocycles. The lowest BCUT2D eigenvalue weighted by Gasteiger charge is -2.17. The molecule has 1 rings (SSSR count). The van der Waals surface area contributed by atoms with Gasteiger partial charge in [0.25, 0.3) is 0 Å². The molecule has 3 heteroatoms. The van der Waals surface area contributed by atoms with Crippen molar-refractivity contribution in [2.24, 2.45) is 5.73 Å². The molecule has 0 bridgehead atoms. The van der Waals surface area contributed by atoms with E-state index >= 15 is 0 Å². The van der Waals surface area contributed by atoms with Gasteiger partial charge in [-0.1, -0.05) is 34.7 Å². The van der Waals surface area contributed by atoms with Crippen LogP contribution in [0.2, 0.25) is 0 Å². The number of hydrogen-bond acceptors (Lipinski definition) is 2. The molecule has 0 amide bonds. The molecular formula is C9H12INO. The second-order valence-electron chi connectivity index (χ2n) is 2.81. The molecule has 0 radical (unpaired) electrons. The molecule has 0 heterocycles. The Labute approximate surface area is 86.2 Å². The Morgan fingerprint density at radius 1 is 1.50 bits per heavy atom. The van der Waals surface area contributed by atoms with Crippen molar-refractivity contribution in [1.82, 2.24) is 0 Å². The van der Waals surface area contributed by atoms with E-state index in [2.05, 4.69) is 22.6 Å². The average molecular weight is 277 g/mol. The first kappa shape index (κ1) is 9.80. The predicted molar refractivity (Wildman–Crippen MR) is 58.6 cm³/mol. The van der Waals surface area contributed by atoms with Gasteiger partial charge >= 0.3 is 0 Å². The lowest BCUT2D eigenvalue weighted by molar-refractivity contribution is 0.414. The first-order valence-corrected chi connectivity index (χ1v) is 4.74. The maximum atomic E-state index is 5.91. The summed E-state index contributed by atoms with van der Waals surface area (Å²) in [5, 5.41) is 0. The van der Waals surface area contributed by atoms with Gasteiger partial charge in [-0.15, -0.1) is 0 Å². The van der Waals surface area contributed by atoms with Crippen molar-refractivity contribution in [2.75, 3.05) is 7.11 Å². The Kier molecular flexibility index (Phi) is 2.95. The summed E-state index contributed by atoms with van der Waals surface area (Å²) in [5.74, 6) is 0.848. The summed E-state index contributed by atoms with van der Waals surface area (Å²) in [4.78, 5) is 0. The maximum Gasteiger partial charge on any atom is 0.119 e. The van der Waals surface area contributed by atoms with Gasteiger partial charge in [-0.3, -0.25) is 0 Å². The topological polar surface area (TPSA) is 35.2 Å². The van der Waals surface area contributed by atoms with Gasteiger partial charge in [0, 0.05) is 0 Å². The van der Waals surface area contributed by atoms with Crippen LogP contribution in [-0.2, 0) is 3.55 Å². The summed E-state index contributed by atoms with van der Waals surface area (Å²) in [6, 6.07) is 7.80. The Morgan fingerprint density at radius 2 is 2.17 bits per heavy atom. The highest BCUT2D eigenvalue weighted by molar-refractivity contribution is 14.1. The maximum absolute atomic E-state index is 5.91. The van der Waals surface area contributed by atoms with Gasteiger partial charge in [-0.25, -0.2) is 0 Å². The van der Waals surface area contributed by atoms with Crippen molar-refractivity contribution in [3.05, 3.63) is 29.8 Å². The minimum Gasteiger partial charge on any atom is -0.497 e. The summed E-state index contributed by atoms with van der Waals surface area (Å²) in [6.45, 7) is 1.96. The second kappa shape index (κ2) is 3.62. The van der Waals surface area contributed by atoms with Crippen LogP contribution in [0, 0.1) is 0 Å². The molecule has 0 aromatic heterocycles. The van der Waals surface area contributed by atoms with E-state index in [1.54, 1.807) is 7.11 Å². The van der Waals surface area contributed by atoms with Gasteiger partial charge in [0.05, 0.1) is 10.7 Å². The SMILES string of the molecule is COc1cccc([C@@](C)(N)I)c1. The zero-order valence-corrected chi connectivity index (χ0v) is 9.33. The molecule has 1 aromatic carbocycles. The Bertz CT molecular complexity index is 267. The van der Waals surface area contributed by atoms with Crippen LogP contribution in [0.1, 0.15) is 12.5 Å². The highest BCUT2D eigenvalue weighted by atomic mass is 127. The predicted octanol–water partition coefficient (Wildman–Crippen LogP) is 2.26. The van der Waals surface area contributed by atoms with Crippen LogP contribution in [0.15, 0.2) is 24.3 Å². The third-order valence-corrected chi connectivity index (χ3v) is 2.26. The van der Waals surface area contributed by atoms with E-state index in [0.717, 1.165) is 11.3 Å². The minimum absolute atomic E-state index is 0.327. The van der Waals surface area contributed by atoms with E-state index in [1.165, 1.54) is 0 Å². The second-order valence-corrected chi connectivity index (χ2v) is 5.05. The zero-order chi connectivity index (χ0) is 9.19. The van der Waals surface area contributed by atoms with E-state index in [4.69, 9.17) is 10.5 Å².